The van der Waals surface area contributed by atoms with Gasteiger partial charge in [0, 0.05) is 12.0 Å². The van der Waals surface area contributed by atoms with Crippen molar-refractivity contribution < 1.29 is 29.7 Å². The molecular formula is C32H40N4O6. The number of phenolic OH excluding ortho intramolecular Hbond substituents is 1. The third-order valence-corrected chi connectivity index (χ3v) is 7.22. The van der Waals surface area contributed by atoms with E-state index in [1.165, 1.54) is 19.1 Å². The Morgan fingerprint density at radius 2 is 1.36 bits per heavy atom. The fourth-order valence-electron chi connectivity index (χ4n) is 4.61. The predicted molar refractivity (Wildman–Crippen MR) is 159 cm³/mol. The average Bonchev–Trinajstić information content (AvgIpc) is 2.98. The molecule has 0 saturated carbocycles. The van der Waals surface area contributed by atoms with Crippen LogP contribution >= 0.6 is 0 Å². The SMILES string of the molecule is CC(NC(=O)C(Cc1ccccc1)NC(=O)C(C)C(O)CCc1ccccc1)C(NC(O)c1ccccc1O)C(N)=O. The predicted octanol–water partition coefficient (Wildman–Crippen LogP) is 1.69. The summed E-state index contributed by atoms with van der Waals surface area (Å²) in [5, 5.41) is 39.5. The van der Waals surface area contributed by atoms with Gasteiger partial charge in [-0.25, -0.2) is 0 Å². The van der Waals surface area contributed by atoms with E-state index in [9.17, 15) is 29.7 Å². The van der Waals surface area contributed by atoms with Crippen molar-refractivity contribution in [3.05, 3.63) is 102 Å². The van der Waals surface area contributed by atoms with E-state index in [0.717, 1.165) is 11.1 Å². The Morgan fingerprint density at radius 3 is 1.95 bits per heavy atom. The number of primary amides is 1. The molecule has 0 aromatic heterocycles. The van der Waals surface area contributed by atoms with Crippen molar-refractivity contribution in [3.63, 3.8) is 0 Å². The first-order valence-electron chi connectivity index (χ1n) is 13.9. The summed E-state index contributed by atoms with van der Waals surface area (Å²) < 4.78 is 0. The lowest BCUT2D eigenvalue weighted by Gasteiger charge is -2.29. The maximum atomic E-state index is 13.5. The molecule has 0 aliphatic rings. The fraction of sp³-hybridized carbons (Fsp3) is 0.344. The molecule has 3 aromatic carbocycles. The van der Waals surface area contributed by atoms with Gasteiger partial charge >= 0.3 is 0 Å². The third-order valence-electron chi connectivity index (χ3n) is 7.22. The molecule has 0 bridgehead atoms. The molecular weight excluding hydrogens is 536 g/mol. The Hall–Kier alpha value is -4.25. The third kappa shape index (κ3) is 9.41. The second-order valence-corrected chi connectivity index (χ2v) is 10.4. The van der Waals surface area contributed by atoms with Gasteiger partial charge in [-0.2, -0.15) is 0 Å². The van der Waals surface area contributed by atoms with Crippen LogP contribution in [0.25, 0.3) is 0 Å². The molecule has 0 radical (unpaired) electrons. The number of aromatic hydroxyl groups is 1. The van der Waals surface area contributed by atoms with E-state index in [1.807, 2.05) is 60.7 Å². The summed E-state index contributed by atoms with van der Waals surface area (Å²) in [5.74, 6) is -2.86. The zero-order valence-electron chi connectivity index (χ0n) is 23.8. The highest BCUT2D eigenvalue weighted by Crippen LogP contribution is 2.22. The molecule has 0 saturated heterocycles. The Bertz CT molecular complexity index is 1310. The van der Waals surface area contributed by atoms with Crippen molar-refractivity contribution >= 4 is 17.7 Å². The molecule has 3 aromatic rings. The van der Waals surface area contributed by atoms with Crippen LogP contribution in [0.5, 0.6) is 5.75 Å². The Labute approximate surface area is 246 Å². The van der Waals surface area contributed by atoms with E-state index in [2.05, 4.69) is 16.0 Å². The smallest absolute Gasteiger partial charge is 0.243 e. The van der Waals surface area contributed by atoms with E-state index >= 15 is 0 Å². The van der Waals surface area contributed by atoms with Crippen LogP contribution < -0.4 is 21.7 Å². The van der Waals surface area contributed by atoms with Crippen LogP contribution in [0.15, 0.2) is 84.9 Å². The van der Waals surface area contributed by atoms with Crippen LogP contribution in [0.3, 0.4) is 0 Å². The van der Waals surface area contributed by atoms with Gasteiger partial charge in [-0.1, -0.05) is 85.8 Å². The van der Waals surface area contributed by atoms with Crippen LogP contribution in [-0.4, -0.2) is 57.3 Å². The van der Waals surface area contributed by atoms with Crippen LogP contribution in [0.4, 0.5) is 0 Å². The van der Waals surface area contributed by atoms with Crippen molar-refractivity contribution in [2.75, 3.05) is 0 Å². The first-order chi connectivity index (χ1) is 20.1. The van der Waals surface area contributed by atoms with E-state index in [1.54, 1.807) is 19.1 Å². The monoisotopic (exact) mass is 576 g/mol. The fourth-order valence-corrected chi connectivity index (χ4v) is 4.61. The minimum atomic E-state index is -1.44. The number of aliphatic hydroxyl groups excluding tert-OH is 2. The van der Waals surface area contributed by atoms with Gasteiger partial charge < -0.3 is 31.7 Å². The molecule has 0 spiro atoms. The van der Waals surface area contributed by atoms with Gasteiger partial charge in [-0.15, -0.1) is 0 Å². The molecule has 10 heteroatoms. The molecule has 3 amide bonds. The number of carbonyl (C=O) groups is 3. The summed E-state index contributed by atoms with van der Waals surface area (Å²) in [6.07, 6.45) is -1.24. The highest BCUT2D eigenvalue weighted by molar-refractivity contribution is 5.90. The number of nitrogens with two attached hydrogens (primary N) is 1. The molecule has 0 heterocycles. The second kappa shape index (κ2) is 15.7. The lowest BCUT2D eigenvalue weighted by molar-refractivity contribution is -0.133. The van der Waals surface area contributed by atoms with E-state index in [0.29, 0.717) is 12.8 Å². The maximum Gasteiger partial charge on any atom is 0.243 e. The zero-order chi connectivity index (χ0) is 30.6. The van der Waals surface area contributed by atoms with Crippen LogP contribution in [-0.2, 0) is 27.2 Å². The van der Waals surface area contributed by atoms with E-state index in [4.69, 9.17) is 5.73 Å². The maximum absolute atomic E-state index is 13.5. The molecule has 0 fully saturated rings. The first kappa shape index (κ1) is 32.3. The molecule has 6 atom stereocenters. The summed E-state index contributed by atoms with van der Waals surface area (Å²) in [5.41, 5.74) is 7.55. The first-order valence-corrected chi connectivity index (χ1v) is 13.9. The summed E-state index contributed by atoms with van der Waals surface area (Å²) >= 11 is 0. The van der Waals surface area contributed by atoms with Crippen LogP contribution in [0.1, 0.15) is 43.2 Å². The molecule has 0 aliphatic carbocycles. The highest BCUT2D eigenvalue weighted by Gasteiger charge is 2.32. The minimum Gasteiger partial charge on any atom is -0.508 e. The quantitative estimate of drug-likeness (QED) is 0.135. The van der Waals surface area contributed by atoms with Gasteiger partial charge in [0.25, 0.3) is 0 Å². The number of para-hydroxylation sites is 1. The average molecular weight is 577 g/mol. The number of carbonyl (C=O) groups excluding carboxylic acids is 3. The van der Waals surface area contributed by atoms with Crippen molar-refractivity contribution in [1.29, 1.82) is 0 Å². The number of phenols is 1. The normalized spacial score (nSPS) is 15.4. The zero-order valence-corrected chi connectivity index (χ0v) is 23.8. The lowest BCUT2D eigenvalue weighted by Crippen LogP contribution is -2.59. The summed E-state index contributed by atoms with van der Waals surface area (Å²) in [6.45, 7) is 3.15. The van der Waals surface area contributed by atoms with Crippen molar-refractivity contribution in [3.8, 4) is 5.75 Å². The summed E-state index contributed by atoms with van der Waals surface area (Å²) in [7, 11) is 0. The summed E-state index contributed by atoms with van der Waals surface area (Å²) in [4.78, 5) is 38.9. The van der Waals surface area contributed by atoms with Crippen molar-refractivity contribution in [2.45, 2.75) is 63.6 Å². The topological polar surface area (TPSA) is 174 Å². The van der Waals surface area contributed by atoms with E-state index < -0.39 is 54.1 Å². The largest absolute Gasteiger partial charge is 0.508 e. The number of aliphatic hydroxyl groups is 2. The van der Waals surface area contributed by atoms with Gasteiger partial charge in [-0.05, 0) is 37.0 Å². The summed E-state index contributed by atoms with van der Waals surface area (Å²) in [6, 6.07) is 21.7. The van der Waals surface area contributed by atoms with Gasteiger partial charge in [0.1, 0.15) is 24.1 Å². The van der Waals surface area contributed by atoms with Crippen LogP contribution in [0.2, 0.25) is 0 Å². The number of nitrogens with one attached hydrogen (secondary N) is 3. The van der Waals surface area contributed by atoms with E-state index in [-0.39, 0.29) is 17.7 Å². The molecule has 6 unspecified atom stereocenters. The number of hydrogen-bond donors (Lipinski definition) is 7. The number of rotatable bonds is 15. The molecule has 3 rings (SSSR count). The number of amides is 3. The molecule has 42 heavy (non-hydrogen) atoms. The van der Waals surface area contributed by atoms with Crippen molar-refractivity contribution in [1.82, 2.24) is 16.0 Å². The Morgan fingerprint density at radius 1 is 0.786 bits per heavy atom. The van der Waals surface area contributed by atoms with Gasteiger partial charge in [0.2, 0.25) is 17.7 Å². The Balaban J connectivity index is 1.69. The number of benzene rings is 3. The Kier molecular flexibility index (Phi) is 12.0. The second-order valence-electron chi connectivity index (χ2n) is 10.4. The molecule has 224 valence electrons. The van der Waals surface area contributed by atoms with Gasteiger partial charge in [-0.3, -0.25) is 19.7 Å². The van der Waals surface area contributed by atoms with Gasteiger partial charge in [0.05, 0.1) is 18.1 Å². The van der Waals surface area contributed by atoms with Crippen LogP contribution in [0, 0.1) is 5.92 Å². The van der Waals surface area contributed by atoms with Gasteiger partial charge in [0.15, 0.2) is 0 Å². The minimum absolute atomic E-state index is 0.135. The highest BCUT2D eigenvalue weighted by atomic mass is 16.3. The molecule has 10 nitrogen and oxygen atoms in total. The number of hydrogen-bond acceptors (Lipinski definition) is 7. The number of aryl methyl sites for hydroxylation is 1. The standard InChI is InChI=1S/C32H40N4O6/c1-20(26(37)18-17-22-11-5-3-6-12-22)30(40)35-25(19-23-13-7-4-8-14-23)32(42)34-21(2)28(29(33)39)36-31(41)24-15-9-10-16-27(24)38/h3-16,20-21,25-26,28,31,36-38,41H,17-19H2,1-2H3,(H2,33,39)(H,34,42)(H,35,40). The molecule has 8 N–H and O–H groups in total. The van der Waals surface area contributed by atoms with Crippen molar-refractivity contribution in [2.24, 2.45) is 11.7 Å². The lowest BCUT2D eigenvalue weighted by atomic mass is 9.96. The molecule has 0 aliphatic heterocycles.